The van der Waals surface area contributed by atoms with Gasteiger partial charge in [-0.3, -0.25) is 4.79 Å². The zero-order valence-corrected chi connectivity index (χ0v) is 10.3. The van der Waals surface area contributed by atoms with E-state index in [9.17, 15) is 19.5 Å². The number of phenols is 1. The summed E-state index contributed by atoms with van der Waals surface area (Å²) in [6.07, 6.45) is 0. The molecule has 102 valence electrons. The van der Waals surface area contributed by atoms with Gasteiger partial charge in [0.1, 0.15) is 17.1 Å². The third-order valence-corrected chi connectivity index (χ3v) is 2.25. The van der Waals surface area contributed by atoms with Crippen LogP contribution in [0.15, 0.2) is 12.1 Å². The maximum absolute atomic E-state index is 11.7. The topological polar surface area (TPSA) is 110 Å². The number of ether oxygens (including phenoxy) is 2. The molecule has 0 atom stereocenters. The molecule has 0 aliphatic rings. The van der Waals surface area contributed by atoms with Crippen LogP contribution in [0.5, 0.6) is 11.5 Å². The Kier molecular flexibility index (Phi) is 4.46. The molecule has 0 aliphatic heterocycles. The van der Waals surface area contributed by atoms with Crippen LogP contribution in [-0.2, 0) is 9.53 Å². The summed E-state index contributed by atoms with van der Waals surface area (Å²) in [5.74, 6) is -4.32. The third-order valence-electron chi connectivity index (χ3n) is 2.25. The van der Waals surface area contributed by atoms with Crippen molar-refractivity contribution in [2.45, 2.75) is 6.92 Å². The Morgan fingerprint density at radius 3 is 2.32 bits per heavy atom. The molecule has 0 spiro atoms. The van der Waals surface area contributed by atoms with Crippen LogP contribution < -0.4 is 4.74 Å². The minimum absolute atomic E-state index is 0.00667. The molecule has 1 rings (SSSR count). The number of carbonyl (C=O) groups is 3. The van der Waals surface area contributed by atoms with E-state index in [-0.39, 0.29) is 17.9 Å². The minimum atomic E-state index is -1.35. The van der Waals surface area contributed by atoms with Crippen molar-refractivity contribution in [3.63, 3.8) is 0 Å². The molecule has 0 bridgehead atoms. The Hall–Kier alpha value is -2.57. The van der Waals surface area contributed by atoms with Crippen LogP contribution in [0.25, 0.3) is 0 Å². The Labute approximate surface area is 108 Å². The van der Waals surface area contributed by atoms with Gasteiger partial charge < -0.3 is 19.7 Å². The summed E-state index contributed by atoms with van der Waals surface area (Å²) in [7, 11) is 1.22. The number of benzene rings is 1. The Morgan fingerprint density at radius 1 is 1.21 bits per heavy atom. The van der Waals surface area contributed by atoms with Crippen molar-refractivity contribution in [3.05, 3.63) is 23.3 Å². The van der Waals surface area contributed by atoms with E-state index in [1.165, 1.54) is 14.0 Å². The van der Waals surface area contributed by atoms with Crippen molar-refractivity contribution < 1.29 is 34.1 Å². The SMILES string of the molecule is CCOC(=O)C(=O)c1cc(C(=O)O)c(OC)cc1O. The van der Waals surface area contributed by atoms with E-state index >= 15 is 0 Å². The highest BCUT2D eigenvalue weighted by Crippen LogP contribution is 2.28. The van der Waals surface area contributed by atoms with Gasteiger partial charge in [-0.1, -0.05) is 0 Å². The number of carboxylic acid groups (broad SMARTS) is 1. The Balaban J connectivity index is 3.29. The molecule has 7 nitrogen and oxygen atoms in total. The van der Waals surface area contributed by atoms with E-state index in [1.807, 2.05) is 0 Å². The van der Waals surface area contributed by atoms with E-state index in [0.29, 0.717) is 0 Å². The normalized spacial score (nSPS) is 9.79. The molecule has 0 fully saturated rings. The van der Waals surface area contributed by atoms with Crippen LogP contribution >= 0.6 is 0 Å². The molecular formula is C12H12O7. The lowest BCUT2D eigenvalue weighted by Crippen LogP contribution is -2.18. The second kappa shape index (κ2) is 5.85. The van der Waals surface area contributed by atoms with E-state index in [0.717, 1.165) is 12.1 Å². The highest BCUT2D eigenvalue weighted by atomic mass is 16.5. The summed E-state index contributed by atoms with van der Waals surface area (Å²) in [5, 5.41) is 18.6. The van der Waals surface area contributed by atoms with Gasteiger partial charge >= 0.3 is 11.9 Å². The lowest BCUT2D eigenvalue weighted by Gasteiger charge is -2.09. The maximum Gasteiger partial charge on any atom is 0.379 e. The fourth-order valence-corrected chi connectivity index (χ4v) is 1.39. The van der Waals surface area contributed by atoms with Crippen LogP contribution in [0, 0.1) is 0 Å². The number of esters is 1. The van der Waals surface area contributed by atoms with E-state index in [2.05, 4.69) is 4.74 Å². The average Bonchev–Trinajstić information content (AvgIpc) is 2.37. The van der Waals surface area contributed by atoms with Gasteiger partial charge in [0.15, 0.2) is 0 Å². The predicted molar refractivity (Wildman–Crippen MR) is 62.6 cm³/mol. The number of hydrogen-bond donors (Lipinski definition) is 2. The van der Waals surface area contributed by atoms with Crippen molar-refractivity contribution in [2.24, 2.45) is 0 Å². The second-order valence-corrected chi connectivity index (χ2v) is 3.42. The van der Waals surface area contributed by atoms with Gasteiger partial charge in [-0.05, 0) is 13.0 Å². The zero-order valence-electron chi connectivity index (χ0n) is 10.3. The first-order valence-corrected chi connectivity index (χ1v) is 5.28. The van der Waals surface area contributed by atoms with Crippen molar-refractivity contribution in [1.29, 1.82) is 0 Å². The molecule has 0 aliphatic carbocycles. The van der Waals surface area contributed by atoms with Crippen molar-refractivity contribution >= 4 is 17.7 Å². The molecule has 2 N–H and O–H groups in total. The lowest BCUT2D eigenvalue weighted by molar-refractivity contribution is -0.137. The summed E-state index contributed by atoms with van der Waals surface area (Å²) in [4.78, 5) is 33.9. The number of carboxylic acids is 1. The summed E-state index contributed by atoms with van der Waals surface area (Å²) in [6, 6.07) is 1.83. The molecule has 7 heteroatoms. The molecule has 0 unspecified atom stereocenters. The van der Waals surface area contributed by atoms with Gasteiger partial charge in [-0.25, -0.2) is 9.59 Å². The average molecular weight is 268 g/mol. The number of aromatic hydroxyl groups is 1. The van der Waals surface area contributed by atoms with E-state index < -0.39 is 29.0 Å². The molecule has 0 radical (unpaired) electrons. The minimum Gasteiger partial charge on any atom is -0.507 e. The highest BCUT2D eigenvalue weighted by molar-refractivity contribution is 6.41. The van der Waals surface area contributed by atoms with Crippen molar-refractivity contribution in [2.75, 3.05) is 13.7 Å². The quantitative estimate of drug-likeness (QED) is 0.462. The summed E-state index contributed by atoms with van der Waals surface area (Å²) in [6.45, 7) is 1.51. The number of methoxy groups -OCH3 is 1. The maximum atomic E-state index is 11.7. The molecule has 19 heavy (non-hydrogen) atoms. The fraction of sp³-hybridized carbons (Fsp3) is 0.250. The predicted octanol–water partition coefficient (Wildman–Crippen LogP) is 0.845. The first-order chi connectivity index (χ1) is 8.92. The lowest BCUT2D eigenvalue weighted by atomic mass is 10.0. The molecule has 1 aromatic rings. The van der Waals surface area contributed by atoms with Crippen LogP contribution in [0.2, 0.25) is 0 Å². The van der Waals surface area contributed by atoms with Gasteiger partial charge in [0, 0.05) is 6.07 Å². The monoisotopic (exact) mass is 268 g/mol. The van der Waals surface area contributed by atoms with Gasteiger partial charge in [0.05, 0.1) is 19.3 Å². The summed E-state index contributed by atoms with van der Waals surface area (Å²) in [5.41, 5.74) is -0.787. The fourth-order valence-electron chi connectivity index (χ4n) is 1.39. The Bertz CT molecular complexity index is 533. The summed E-state index contributed by atoms with van der Waals surface area (Å²) >= 11 is 0. The highest BCUT2D eigenvalue weighted by Gasteiger charge is 2.24. The van der Waals surface area contributed by atoms with E-state index in [4.69, 9.17) is 9.84 Å². The number of hydrogen-bond acceptors (Lipinski definition) is 6. The molecule has 0 aromatic heterocycles. The standard InChI is InChI=1S/C12H12O7/c1-3-19-12(17)10(14)6-4-7(11(15)16)9(18-2)5-8(6)13/h4-5,13H,3H2,1-2H3,(H,15,16). The van der Waals surface area contributed by atoms with Crippen molar-refractivity contribution in [1.82, 2.24) is 0 Å². The smallest absolute Gasteiger partial charge is 0.379 e. The zero-order chi connectivity index (χ0) is 14.6. The van der Waals surface area contributed by atoms with E-state index in [1.54, 1.807) is 0 Å². The van der Waals surface area contributed by atoms with Gasteiger partial charge in [-0.2, -0.15) is 0 Å². The molecule has 0 saturated carbocycles. The first-order valence-electron chi connectivity index (χ1n) is 5.28. The van der Waals surface area contributed by atoms with Gasteiger partial charge in [0.2, 0.25) is 0 Å². The first kappa shape index (κ1) is 14.5. The van der Waals surface area contributed by atoms with Crippen LogP contribution in [0.1, 0.15) is 27.6 Å². The number of aromatic carboxylic acids is 1. The Morgan fingerprint density at radius 2 is 1.84 bits per heavy atom. The number of rotatable bonds is 5. The number of Topliss-reactive ketones (excluding diaryl/α,β-unsaturated/α-hetero) is 1. The van der Waals surface area contributed by atoms with Gasteiger partial charge in [0.25, 0.3) is 5.78 Å². The number of ketones is 1. The number of phenolic OH excluding ortho intramolecular Hbond substituents is 1. The number of carbonyl (C=O) groups excluding carboxylic acids is 2. The third kappa shape index (κ3) is 3.01. The van der Waals surface area contributed by atoms with Gasteiger partial charge in [-0.15, -0.1) is 0 Å². The molecular weight excluding hydrogens is 256 g/mol. The van der Waals surface area contributed by atoms with Crippen LogP contribution in [0.4, 0.5) is 0 Å². The van der Waals surface area contributed by atoms with Crippen LogP contribution in [-0.4, -0.2) is 41.7 Å². The second-order valence-electron chi connectivity index (χ2n) is 3.42. The van der Waals surface area contributed by atoms with Crippen LogP contribution in [0.3, 0.4) is 0 Å². The largest absolute Gasteiger partial charge is 0.507 e. The molecule has 0 amide bonds. The van der Waals surface area contributed by atoms with Crippen molar-refractivity contribution in [3.8, 4) is 11.5 Å². The molecule has 0 saturated heterocycles. The summed E-state index contributed by atoms with van der Waals surface area (Å²) < 4.78 is 9.25. The molecule has 1 aromatic carbocycles. The molecule has 0 heterocycles.